The largest absolute Gasteiger partial charge is 0.462 e. The van der Waals surface area contributed by atoms with Crippen LogP contribution in [0.15, 0.2) is 12.2 Å². The third kappa shape index (κ3) is 2.83. The number of rotatable bonds is 2. The van der Waals surface area contributed by atoms with Gasteiger partial charge in [-0.3, -0.25) is 4.79 Å². The van der Waals surface area contributed by atoms with Crippen molar-refractivity contribution < 1.29 is 9.53 Å². The van der Waals surface area contributed by atoms with Gasteiger partial charge in [-0.05, 0) is 75.3 Å². The molecule has 0 radical (unpaired) electrons. The summed E-state index contributed by atoms with van der Waals surface area (Å²) in [7, 11) is 0. The van der Waals surface area contributed by atoms with Gasteiger partial charge < -0.3 is 9.64 Å². The van der Waals surface area contributed by atoms with Crippen LogP contribution in [0.4, 0.5) is 0 Å². The molecular weight excluding hydrogens is 298 g/mol. The topological polar surface area (TPSA) is 29.5 Å². The van der Waals surface area contributed by atoms with Crippen LogP contribution < -0.4 is 0 Å². The predicted octanol–water partition coefficient (Wildman–Crippen LogP) is 4.03. The summed E-state index contributed by atoms with van der Waals surface area (Å²) in [5, 5.41) is 0. The van der Waals surface area contributed by atoms with Crippen LogP contribution in [0, 0.1) is 29.1 Å². The molecule has 5 atom stereocenters. The summed E-state index contributed by atoms with van der Waals surface area (Å²) in [6.45, 7) is 12.4. The minimum atomic E-state index is 0.0801. The molecule has 0 aromatic heterocycles. The van der Waals surface area contributed by atoms with Crippen LogP contribution in [0.3, 0.4) is 0 Å². The molecule has 134 valence electrons. The Morgan fingerprint density at radius 2 is 2.08 bits per heavy atom. The van der Waals surface area contributed by atoms with Crippen molar-refractivity contribution in [2.24, 2.45) is 29.1 Å². The monoisotopic (exact) mass is 331 g/mol. The van der Waals surface area contributed by atoms with Crippen molar-refractivity contribution >= 4 is 5.97 Å². The molecule has 0 aromatic carbocycles. The predicted molar refractivity (Wildman–Crippen MR) is 95.5 cm³/mol. The van der Waals surface area contributed by atoms with E-state index in [4.69, 9.17) is 4.74 Å². The smallest absolute Gasteiger partial charge is 0.310 e. The number of piperidine rings is 1. The summed E-state index contributed by atoms with van der Waals surface area (Å²) in [6, 6.07) is 0. The molecule has 2 saturated heterocycles. The second-order valence-electron chi connectivity index (χ2n) is 9.39. The number of carbonyl (C=O) groups is 1. The molecule has 0 unspecified atom stereocenters. The van der Waals surface area contributed by atoms with Crippen LogP contribution in [0.25, 0.3) is 0 Å². The molecule has 0 N–H and O–H groups in total. The zero-order chi connectivity index (χ0) is 16.9. The van der Waals surface area contributed by atoms with E-state index >= 15 is 0 Å². The highest BCUT2D eigenvalue weighted by Crippen LogP contribution is 2.56. The molecule has 2 aliphatic carbocycles. The molecule has 3 heteroatoms. The lowest BCUT2D eigenvalue weighted by molar-refractivity contribution is -0.146. The summed E-state index contributed by atoms with van der Waals surface area (Å²) < 4.78 is 5.89. The minimum Gasteiger partial charge on any atom is -0.462 e. The van der Waals surface area contributed by atoms with Crippen molar-refractivity contribution in [1.29, 1.82) is 0 Å². The number of ether oxygens (including phenoxy) is 1. The van der Waals surface area contributed by atoms with Crippen LogP contribution in [0.2, 0.25) is 0 Å². The molecule has 0 spiro atoms. The van der Waals surface area contributed by atoms with Crippen molar-refractivity contribution in [3.8, 4) is 0 Å². The Labute approximate surface area is 146 Å². The van der Waals surface area contributed by atoms with Crippen LogP contribution in [-0.4, -0.2) is 36.6 Å². The van der Waals surface area contributed by atoms with E-state index in [1.54, 1.807) is 0 Å². The second kappa shape index (κ2) is 6.16. The first-order chi connectivity index (χ1) is 11.5. The van der Waals surface area contributed by atoms with Crippen molar-refractivity contribution in [3.05, 3.63) is 12.2 Å². The van der Waals surface area contributed by atoms with E-state index in [-0.39, 0.29) is 18.0 Å². The summed E-state index contributed by atoms with van der Waals surface area (Å²) >= 11 is 0. The average molecular weight is 332 g/mol. The van der Waals surface area contributed by atoms with Gasteiger partial charge in [-0.1, -0.05) is 26.0 Å². The molecule has 3 nitrogen and oxygen atoms in total. The van der Waals surface area contributed by atoms with Crippen molar-refractivity contribution in [3.63, 3.8) is 0 Å². The summed E-state index contributed by atoms with van der Waals surface area (Å²) in [6.07, 6.45) is 8.60. The van der Waals surface area contributed by atoms with Crippen molar-refractivity contribution in [2.45, 2.75) is 64.9 Å². The van der Waals surface area contributed by atoms with Gasteiger partial charge in [0.2, 0.25) is 0 Å². The van der Waals surface area contributed by atoms with E-state index in [1.165, 1.54) is 37.7 Å². The Balaban J connectivity index is 1.47. The van der Waals surface area contributed by atoms with Gasteiger partial charge in [0.1, 0.15) is 6.10 Å². The quantitative estimate of drug-likeness (QED) is 0.565. The number of hydrogen-bond donors (Lipinski definition) is 0. The first-order valence-electron chi connectivity index (χ1n) is 10.1. The van der Waals surface area contributed by atoms with E-state index in [0.29, 0.717) is 17.3 Å². The maximum absolute atomic E-state index is 12.6. The fourth-order valence-electron chi connectivity index (χ4n) is 5.99. The van der Waals surface area contributed by atoms with Crippen molar-refractivity contribution in [2.75, 3.05) is 19.6 Å². The number of carbonyl (C=O) groups excluding carboxylic acids is 1. The number of allylic oxidation sites excluding steroid dienone is 1. The first kappa shape index (κ1) is 16.6. The zero-order valence-electron chi connectivity index (χ0n) is 15.4. The molecule has 0 bridgehead atoms. The standard InChI is InChI=1S/C21H33NO2/c1-14-6-9-22(10-7-14)13-17-16-11-18-15(2)5-4-8-21(18,3)12-19(16)24-20(17)23/h14,16-19H,2,4-13H2,1,3H3/t16-,17-,18+,19-,21-/m1/s1. The summed E-state index contributed by atoms with van der Waals surface area (Å²) in [5.41, 5.74) is 1.75. The SMILES string of the molecule is C=C1CCC[C@]2(C)C[C@H]3OC(=O)[C@H](CN4CCC(C)CC4)[C@H]3C[C@@H]12. The van der Waals surface area contributed by atoms with Gasteiger partial charge in [-0.2, -0.15) is 0 Å². The molecule has 0 aromatic rings. The van der Waals surface area contributed by atoms with Crippen LogP contribution >= 0.6 is 0 Å². The third-order valence-electron chi connectivity index (χ3n) is 7.65. The van der Waals surface area contributed by atoms with Crippen LogP contribution in [0.1, 0.15) is 58.8 Å². The fraction of sp³-hybridized carbons (Fsp3) is 0.857. The molecular formula is C21H33NO2. The molecule has 24 heavy (non-hydrogen) atoms. The molecule has 2 heterocycles. The number of nitrogens with zero attached hydrogens (tertiary/aromatic N) is 1. The van der Waals surface area contributed by atoms with Gasteiger partial charge >= 0.3 is 5.97 Å². The number of fused-ring (bicyclic) bond motifs is 2. The molecule has 4 fully saturated rings. The van der Waals surface area contributed by atoms with Gasteiger partial charge in [0, 0.05) is 12.5 Å². The Morgan fingerprint density at radius 1 is 1.33 bits per heavy atom. The van der Waals surface area contributed by atoms with E-state index < -0.39 is 0 Å². The molecule has 2 aliphatic heterocycles. The zero-order valence-corrected chi connectivity index (χ0v) is 15.4. The summed E-state index contributed by atoms with van der Waals surface area (Å²) in [5.74, 6) is 2.04. The Kier molecular flexibility index (Phi) is 4.27. The highest BCUT2D eigenvalue weighted by molar-refractivity contribution is 5.75. The van der Waals surface area contributed by atoms with E-state index in [2.05, 4.69) is 25.3 Å². The van der Waals surface area contributed by atoms with Gasteiger partial charge in [0.05, 0.1) is 5.92 Å². The third-order valence-corrected chi connectivity index (χ3v) is 7.65. The minimum absolute atomic E-state index is 0.0801. The van der Waals surface area contributed by atoms with Gasteiger partial charge in [0.25, 0.3) is 0 Å². The Hall–Kier alpha value is -0.830. The number of esters is 1. The van der Waals surface area contributed by atoms with E-state index in [0.717, 1.165) is 38.4 Å². The van der Waals surface area contributed by atoms with Crippen LogP contribution in [0.5, 0.6) is 0 Å². The van der Waals surface area contributed by atoms with Gasteiger partial charge in [-0.25, -0.2) is 0 Å². The average Bonchev–Trinajstić information content (AvgIpc) is 2.82. The first-order valence-corrected chi connectivity index (χ1v) is 10.1. The van der Waals surface area contributed by atoms with Gasteiger partial charge in [-0.15, -0.1) is 0 Å². The normalized spacial score (nSPS) is 44.1. The Morgan fingerprint density at radius 3 is 2.83 bits per heavy atom. The molecule has 4 aliphatic rings. The van der Waals surface area contributed by atoms with E-state index in [1.807, 2.05) is 0 Å². The highest BCUT2D eigenvalue weighted by Gasteiger charge is 2.55. The highest BCUT2D eigenvalue weighted by atomic mass is 16.6. The van der Waals surface area contributed by atoms with E-state index in [9.17, 15) is 4.79 Å². The lowest BCUT2D eigenvalue weighted by Crippen LogP contribution is -2.46. The lowest BCUT2D eigenvalue weighted by Gasteiger charge is -2.50. The second-order valence-corrected chi connectivity index (χ2v) is 9.39. The van der Waals surface area contributed by atoms with Crippen molar-refractivity contribution in [1.82, 2.24) is 4.90 Å². The lowest BCUT2D eigenvalue weighted by atomic mass is 9.55. The maximum Gasteiger partial charge on any atom is 0.310 e. The molecule has 2 saturated carbocycles. The Bertz CT molecular complexity index is 522. The van der Waals surface area contributed by atoms with Crippen LogP contribution in [-0.2, 0) is 9.53 Å². The number of hydrogen-bond acceptors (Lipinski definition) is 3. The molecule has 0 amide bonds. The summed E-state index contributed by atoms with van der Waals surface area (Å²) in [4.78, 5) is 15.1. The van der Waals surface area contributed by atoms with Gasteiger partial charge in [0.15, 0.2) is 0 Å². The fourth-order valence-corrected chi connectivity index (χ4v) is 5.99. The number of likely N-dealkylation sites (tertiary alicyclic amines) is 1. The molecule has 4 rings (SSSR count). The maximum atomic E-state index is 12.6.